The fourth-order valence-corrected chi connectivity index (χ4v) is 2.94. The average molecular weight is 319 g/mol. The molecule has 6 heteroatoms. The molecule has 0 aliphatic rings. The maximum absolute atomic E-state index is 5.91. The molecule has 0 fully saturated rings. The van der Waals surface area contributed by atoms with Gasteiger partial charge < -0.3 is 5.32 Å². The highest BCUT2D eigenvalue weighted by molar-refractivity contribution is 7.22. The maximum atomic E-state index is 5.91. The number of hydrogen-bond acceptors (Lipinski definition) is 5. The molecule has 0 atom stereocenters. The molecule has 1 aromatic carbocycles. The van der Waals surface area contributed by atoms with Crippen molar-refractivity contribution in [2.24, 2.45) is 0 Å². The zero-order chi connectivity index (χ0) is 14.7. The van der Waals surface area contributed by atoms with Crippen LogP contribution in [-0.4, -0.2) is 21.7 Å². The van der Waals surface area contributed by atoms with Gasteiger partial charge in [-0.3, -0.25) is 0 Å². The molecule has 108 valence electrons. The van der Waals surface area contributed by atoms with Gasteiger partial charge in [0.05, 0.1) is 10.4 Å². The van der Waals surface area contributed by atoms with Gasteiger partial charge in [-0.15, -0.1) is 10.2 Å². The van der Waals surface area contributed by atoms with Gasteiger partial charge in [-0.2, -0.15) is 4.98 Å². The number of halogens is 1. The molecule has 0 unspecified atom stereocenters. The molecular formula is C15H15ClN4S. The molecule has 2 aromatic heterocycles. The van der Waals surface area contributed by atoms with Crippen molar-refractivity contribution < 1.29 is 0 Å². The molecule has 4 nitrogen and oxygen atoms in total. The predicted octanol–water partition coefficient (Wildman–Crippen LogP) is 4.62. The van der Waals surface area contributed by atoms with Crippen LogP contribution < -0.4 is 5.32 Å². The first kappa shape index (κ1) is 14.2. The van der Waals surface area contributed by atoms with Crippen LogP contribution in [0.3, 0.4) is 0 Å². The molecule has 0 saturated heterocycles. The van der Waals surface area contributed by atoms with E-state index in [1.165, 1.54) is 6.42 Å². The standard InChI is InChI=1S/C15H15ClN4S/c1-2-3-8-17-15-18-14-13(21-15)9-12(19-20-14)10-4-6-11(16)7-5-10/h4-7,9H,2-3,8H2,1H3,(H,17,18,20). The molecule has 0 saturated carbocycles. The number of benzene rings is 1. The molecule has 0 bridgehead atoms. The number of aromatic nitrogens is 3. The molecule has 1 N–H and O–H groups in total. The summed E-state index contributed by atoms with van der Waals surface area (Å²) < 4.78 is 1.04. The van der Waals surface area contributed by atoms with Crippen molar-refractivity contribution >= 4 is 38.4 Å². The van der Waals surface area contributed by atoms with Gasteiger partial charge in [0.2, 0.25) is 0 Å². The first-order valence-electron chi connectivity index (χ1n) is 6.90. The summed E-state index contributed by atoms with van der Waals surface area (Å²) in [6.07, 6.45) is 2.30. The quantitative estimate of drug-likeness (QED) is 0.697. The van der Waals surface area contributed by atoms with Crippen LogP contribution >= 0.6 is 22.9 Å². The lowest BCUT2D eigenvalue weighted by Gasteiger charge is -1.99. The zero-order valence-corrected chi connectivity index (χ0v) is 13.2. The van der Waals surface area contributed by atoms with Crippen molar-refractivity contribution in [2.75, 3.05) is 11.9 Å². The first-order valence-corrected chi connectivity index (χ1v) is 8.10. The van der Waals surface area contributed by atoms with E-state index in [1.807, 2.05) is 30.3 Å². The molecule has 3 aromatic rings. The van der Waals surface area contributed by atoms with Crippen LogP contribution in [0.2, 0.25) is 5.02 Å². The van der Waals surface area contributed by atoms with Crippen LogP contribution in [0.1, 0.15) is 19.8 Å². The fraction of sp³-hybridized carbons (Fsp3) is 0.267. The van der Waals surface area contributed by atoms with Crippen LogP contribution in [0.25, 0.3) is 21.6 Å². The molecule has 0 amide bonds. The van der Waals surface area contributed by atoms with Gasteiger partial charge in [0.25, 0.3) is 0 Å². The highest BCUT2D eigenvalue weighted by Crippen LogP contribution is 2.28. The number of thiazole rings is 1. The van der Waals surface area contributed by atoms with Gasteiger partial charge in [0.15, 0.2) is 10.8 Å². The molecular weight excluding hydrogens is 304 g/mol. The van der Waals surface area contributed by atoms with Crippen molar-refractivity contribution in [1.82, 2.24) is 15.2 Å². The normalized spacial score (nSPS) is 11.0. The summed E-state index contributed by atoms with van der Waals surface area (Å²) >= 11 is 7.51. The number of fused-ring (bicyclic) bond motifs is 1. The molecule has 3 rings (SSSR count). The topological polar surface area (TPSA) is 50.7 Å². The Balaban J connectivity index is 1.87. The Kier molecular flexibility index (Phi) is 4.31. The third-order valence-corrected chi connectivity index (χ3v) is 4.30. The van der Waals surface area contributed by atoms with E-state index in [9.17, 15) is 0 Å². The number of hydrogen-bond donors (Lipinski definition) is 1. The van der Waals surface area contributed by atoms with E-state index in [4.69, 9.17) is 11.6 Å². The summed E-state index contributed by atoms with van der Waals surface area (Å²) in [5.74, 6) is 0. The van der Waals surface area contributed by atoms with Crippen molar-refractivity contribution in [3.05, 3.63) is 35.4 Å². The lowest BCUT2D eigenvalue weighted by Crippen LogP contribution is -1.99. The van der Waals surface area contributed by atoms with Crippen molar-refractivity contribution in [2.45, 2.75) is 19.8 Å². The minimum absolute atomic E-state index is 0.691. The lowest BCUT2D eigenvalue weighted by molar-refractivity contribution is 0.833. The van der Waals surface area contributed by atoms with Crippen LogP contribution in [0.5, 0.6) is 0 Å². The first-order chi connectivity index (χ1) is 10.3. The van der Waals surface area contributed by atoms with Gasteiger partial charge in [-0.25, -0.2) is 0 Å². The number of unbranched alkanes of at least 4 members (excludes halogenated alkanes) is 1. The van der Waals surface area contributed by atoms with Crippen LogP contribution in [-0.2, 0) is 0 Å². The van der Waals surface area contributed by atoms with E-state index in [-0.39, 0.29) is 0 Å². The van der Waals surface area contributed by atoms with E-state index in [1.54, 1.807) is 11.3 Å². The largest absolute Gasteiger partial charge is 0.361 e. The van der Waals surface area contributed by atoms with E-state index in [0.29, 0.717) is 10.7 Å². The highest BCUT2D eigenvalue weighted by atomic mass is 35.5. The summed E-state index contributed by atoms with van der Waals surface area (Å²) in [5.41, 5.74) is 2.53. The Morgan fingerprint density at radius 2 is 2.00 bits per heavy atom. The Labute approximate surface area is 132 Å². The van der Waals surface area contributed by atoms with Crippen LogP contribution in [0.15, 0.2) is 30.3 Å². The Morgan fingerprint density at radius 1 is 1.19 bits per heavy atom. The second-order valence-corrected chi connectivity index (χ2v) is 6.19. The van der Waals surface area contributed by atoms with E-state index < -0.39 is 0 Å². The van der Waals surface area contributed by atoms with Crippen LogP contribution in [0.4, 0.5) is 5.13 Å². The molecule has 0 aliphatic carbocycles. The van der Waals surface area contributed by atoms with E-state index in [0.717, 1.165) is 34.1 Å². The fourth-order valence-electron chi connectivity index (χ4n) is 1.95. The van der Waals surface area contributed by atoms with Gasteiger partial charge in [0.1, 0.15) is 0 Å². The van der Waals surface area contributed by atoms with E-state index in [2.05, 4.69) is 27.4 Å². The molecule has 0 spiro atoms. The lowest BCUT2D eigenvalue weighted by atomic mass is 10.1. The van der Waals surface area contributed by atoms with Gasteiger partial charge in [-0.1, -0.05) is 48.4 Å². The molecule has 21 heavy (non-hydrogen) atoms. The monoisotopic (exact) mass is 318 g/mol. The Bertz CT molecular complexity index is 739. The van der Waals surface area contributed by atoms with Crippen molar-refractivity contribution in [3.63, 3.8) is 0 Å². The number of anilines is 1. The third kappa shape index (κ3) is 3.31. The summed E-state index contributed by atoms with van der Waals surface area (Å²) in [6.45, 7) is 3.11. The van der Waals surface area contributed by atoms with Crippen molar-refractivity contribution in [1.29, 1.82) is 0 Å². The Morgan fingerprint density at radius 3 is 2.76 bits per heavy atom. The summed E-state index contributed by atoms with van der Waals surface area (Å²) in [5, 5.41) is 13.4. The van der Waals surface area contributed by atoms with Crippen molar-refractivity contribution in [3.8, 4) is 11.3 Å². The molecule has 2 heterocycles. The average Bonchev–Trinajstić information content (AvgIpc) is 2.90. The van der Waals surface area contributed by atoms with Gasteiger partial charge >= 0.3 is 0 Å². The predicted molar refractivity (Wildman–Crippen MR) is 89.1 cm³/mol. The molecule has 0 radical (unpaired) electrons. The molecule has 0 aliphatic heterocycles. The summed E-state index contributed by atoms with van der Waals surface area (Å²) in [6, 6.07) is 9.62. The maximum Gasteiger partial charge on any atom is 0.194 e. The highest BCUT2D eigenvalue weighted by Gasteiger charge is 2.08. The minimum Gasteiger partial charge on any atom is -0.361 e. The number of nitrogens with zero attached hydrogens (tertiary/aromatic N) is 3. The smallest absolute Gasteiger partial charge is 0.194 e. The second kappa shape index (κ2) is 6.37. The summed E-state index contributed by atoms with van der Waals surface area (Å²) in [4.78, 5) is 4.45. The third-order valence-electron chi connectivity index (χ3n) is 3.10. The van der Waals surface area contributed by atoms with Gasteiger partial charge in [-0.05, 0) is 24.6 Å². The summed E-state index contributed by atoms with van der Waals surface area (Å²) in [7, 11) is 0. The SMILES string of the molecule is CCCCNc1nc2nnc(-c3ccc(Cl)cc3)cc2s1. The van der Waals surface area contributed by atoms with Gasteiger partial charge in [0, 0.05) is 17.1 Å². The minimum atomic E-state index is 0.691. The zero-order valence-electron chi connectivity index (χ0n) is 11.6. The second-order valence-electron chi connectivity index (χ2n) is 4.72. The van der Waals surface area contributed by atoms with E-state index >= 15 is 0 Å². The number of nitrogens with one attached hydrogen (secondary N) is 1. The number of rotatable bonds is 5. The Hall–Kier alpha value is -1.72. The van der Waals surface area contributed by atoms with Crippen LogP contribution in [0, 0.1) is 0 Å².